The maximum atomic E-state index is 12.7. The van der Waals surface area contributed by atoms with Crippen LogP contribution in [0.25, 0.3) is 22.3 Å². The molecule has 2 aliphatic heterocycles. The number of rotatable bonds is 6. The third-order valence-electron chi connectivity index (χ3n) is 6.76. The van der Waals surface area contributed by atoms with E-state index in [-0.39, 0.29) is 11.3 Å². The number of para-hydroxylation sites is 1. The van der Waals surface area contributed by atoms with Crippen molar-refractivity contribution in [3.63, 3.8) is 0 Å². The molecule has 0 aliphatic carbocycles. The number of carboxylic acid groups (broad SMARTS) is 1. The normalized spacial score (nSPS) is 22.5. The first-order valence-corrected chi connectivity index (χ1v) is 12.2. The van der Waals surface area contributed by atoms with Crippen LogP contribution < -0.4 is 10.2 Å². The standard InChI is InChI=1S/C25H23BrClNO5/c26-15-4-7-19(23-13-21(29)18-2-1-3-20(27)24(18)33-23)22(12-15)32-9-8-28-16-5-6-17(28)11-14(10-16)25(30)31/h1-4,7,12-14,16-17H,5-6,8-11H2,(H,30,31). The average molecular weight is 533 g/mol. The molecule has 2 fully saturated rings. The van der Waals surface area contributed by atoms with Crippen molar-refractivity contribution in [3.05, 3.63) is 62.2 Å². The summed E-state index contributed by atoms with van der Waals surface area (Å²) in [6, 6.07) is 12.8. The Hall–Kier alpha value is -2.35. The molecule has 1 N–H and O–H groups in total. The Morgan fingerprint density at radius 3 is 2.67 bits per heavy atom. The summed E-state index contributed by atoms with van der Waals surface area (Å²) in [6.07, 6.45) is 3.49. The maximum absolute atomic E-state index is 12.7. The van der Waals surface area contributed by atoms with E-state index in [9.17, 15) is 14.7 Å². The Kier molecular flexibility index (Phi) is 6.20. The number of hydrogen-bond acceptors (Lipinski definition) is 5. The summed E-state index contributed by atoms with van der Waals surface area (Å²) in [5.74, 6) is 0.0784. The van der Waals surface area contributed by atoms with E-state index in [2.05, 4.69) is 20.8 Å². The van der Waals surface area contributed by atoms with Gasteiger partial charge in [0, 0.05) is 29.2 Å². The molecule has 2 bridgehead atoms. The Balaban J connectivity index is 1.36. The van der Waals surface area contributed by atoms with Gasteiger partial charge in [-0.2, -0.15) is 0 Å². The zero-order chi connectivity index (χ0) is 23.1. The van der Waals surface area contributed by atoms with Gasteiger partial charge in [-0.25, -0.2) is 0 Å². The van der Waals surface area contributed by atoms with Crippen LogP contribution >= 0.6 is 27.5 Å². The highest BCUT2D eigenvalue weighted by Crippen LogP contribution is 2.39. The van der Waals surface area contributed by atoms with Crippen LogP contribution in [0.1, 0.15) is 25.7 Å². The van der Waals surface area contributed by atoms with E-state index in [0.29, 0.717) is 64.6 Å². The second kappa shape index (κ2) is 9.12. The highest BCUT2D eigenvalue weighted by atomic mass is 79.9. The van der Waals surface area contributed by atoms with Crippen molar-refractivity contribution in [2.45, 2.75) is 37.8 Å². The van der Waals surface area contributed by atoms with Crippen LogP contribution in [-0.2, 0) is 4.79 Å². The largest absolute Gasteiger partial charge is 0.491 e. The van der Waals surface area contributed by atoms with Crippen molar-refractivity contribution in [1.82, 2.24) is 4.90 Å². The van der Waals surface area contributed by atoms with Gasteiger partial charge in [-0.05, 0) is 56.0 Å². The van der Waals surface area contributed by atoms with E-state index >= 15 is 0 Å². The third kappa shape index (κ3) is 4.42. The predicted molar refractivity (Wildman–Crippen MR) is 130 cm³/mol. The second-order valence-electron chi connectivity index (χ2n) is 8.71. The van der Waals surface area contributed by atoms with E-state index < -0.39 is 5.97 Å². The lowest BCUT2D eigenvalue weighted by atomic mass is 9.91. The summed E-state index contributed by atoms with van der Waals surface area (Å²) in [7, 11) is 0. The molecular weight excluding hydrogens is 510 g/mol. The maximum Gasteiger partial charge on any atom is 0.306 e. The van der Waals surface area contributed by atoms with Gasteiger partial charge in [0.2, 0.25) is 0 Å². The quantitative estimate of drug-likeness (QED) is 0.446. The Morgan fingerprint density at radius 1 is 1.18 bits per heavy atom. The zero-order valence-electron chi connectivity index (χ0n) is 17.8. The van der Waals surface area contributed by atoms with Crippen LogP contribution in [0.4, 0.5) is 0 Å². The molecule has 8 heteroatoms. The molecule has 33 heavy (non-hydrogen) atoms. The molecule has 172 valence electrons. The minimum Gasteiger partial charge on any atom is -0.491 e. The molecule has 0 amide bonds. The molecule has 2 atom stereocenters. The number of ether oxygens (including phenoxy) is 1. The number of carbonyl (C=O) groups is 1. The minimum atomic E-state index is -0.682. The predicted octanol–water partition coefficient (Wildman–Crippen LogP) is 5.58. The third-order valence-corrected chi connectivity index (χ3v) is 7.55. The number of aliphatic carboxylic acids is 1. The summed E-state index contributed by atoms with van der Waals surface area (Å²) in [5.41, 5.74) is 0.860. The number of fused-ring (bicyclic) bond motifs is 3. The molecule has 0 radical (unpaired) electrons. The molecule has 2 unspecified atom stereocenters. The Morgan fingerprint density at radius 2 is 1.94 bits per heavy atom. The molecule has 0 spiro atoms. The number of carboxylic acids is 1. The summed E-state index contributed by atoms with van der Waals surface area (Å²) in [4.78, 5) is 26.5. The molecule has 3 aromatic rings. The molecule has 2 saturated heterocycles. The second-order valence-corrected chi connectivity index (χ2v) is 10.0. The number of piperidine rings is 1. The fourth-order valence-corrected chi connectivity index (χ4v) is 5.75. The first-order chi connectivity index (χ1) is 15.9. The molecule has 1 aromatic heterocycles. The highest BCUT2D eigenvalue weighted by Gasteiger charge is 2.42. The van der Waals surface area contributed by atoms with Gasteiger partial charge in [0.1, 0.15) is 18.1 Å². The van der Waals surface area contributed by atoms with Gasteiger partial charge < -0.3 is 14.3 Å². The summed E-state index contributed by atoms with van der Waals surface area (Å²) < 4.78 is 13.0. The summed E-state index contributed by atoms with van der Waals surface area (Å²) in [5, 5.41) is 10.2. The molecular formula is C25H23BrClNO5. The topological polar surface area (TPSA) is 80.0 Å². The molecule has 6 nitrogen and oxygen atoms in total. The van der Waals surface area contributed by atoms with Crippen molar-refractivity contribution in [2.24, 2.45) is 5.92 Å². The number of nitrogens with zero attached hydrogens (tertiary/aromatic N) is 1. The van der Waals surface area contributed by atoms with Gasteiger partial charge in [0.05, 0.1) is 21.9 Å². The van der Waals surface area contributed by atoms with Gasteiger partial charge in [-0.15, -0.1) is 0 Å². The fourth-order valence-electron chi connectivity index (χ4n) is 5.20. The van der Waals surface area contributed by atoms with Crippen LogP contribution in [-0.4, -0.2) is 41.2 Å². The van der Waals surface area contributed by atoms with Gasteiger partial charge in [-0.3, -0.25) is 14.5 Å². The lowest BCUT2D eigenvalue weighted by Crippen LogP contribution is -2.46. The average Bonchev–Trinajstić information content (AvgIpc) is 3.01. The zero-order valence-corrected chi connectivity index (χ0v) is 20.1. The van der Waals surface area contributed by atoms with Gasteiger partial charge in [-0.1, -0.05) is 33.6 Å². The molecule has 3 heterocycles. The number of benzene rings is 2. The fraction of sp³-hybridized carbons (Fsp3) is 0.360. The van der Waals surface area contributed by atoms with E-state index in [1.807, 2.05) is 18.2 Å². The summed E-state index contributed by atoms with van der Waals surface area (Å²) >= 11 is 9.77. The minimum absolute atomic E-state index is 0.166. The van der Waals surface area contributed by atoms with Crippen molar-refractivity contribution in [2.75, 3.05) is 13.2 Å². The van der Waals surface area contributed by atoms with E-state index in [1.54, 1.807) is 18.2 Å². The first kappa shape index (κ1) is 22.4. The Bertz CT molecular complexity index is 1260. The molecule has 2 aromatic carbocycles. The SMILES string of the molecule is O=C(O)C1CC2CCC(C1)N2CCOc1cc(Br)ccc1-c1cc(=O)c2cccc(Cl)c2o1. The monoisotopic (exact) mass is 531 g/mol. The van der Waals surface area contributed by atoms with E-state index in [4.69, 9.17) is 20.8 Å². The van der Waals surface area contributed by atoms with E-state index in [1.165, 1.54) is 6.07 Å². The van der Waals surface area contributed by atoms with Crippen LogP contribution in [0.2, 0.25) is 5.02 Å². The van der Waals surface area contributed by atoms with Crippen molar-refractivity contribution < 1.29 is 19.1 Å². The van der Waals surface area contributed by atoms with Crippen molar-refractivity contribution >= 4 is 44.5 Å². The number of halogens is 2. The molecule has 5 rings (SSSR count). The molecule has 2 aliphatic rings. The smallest absolute Gasteiger partial charge is 0.306 e. The lowest BCUT2D eigenvalue weighted by Gasteiger charge is -2.37. The molecule has 0 saturated carbocycles. The summed E-state index contributed by atoms with van der Waals surface area (Å²) in [6.45, 7) is 1.17. The van der Waals surface area contributed by atoms with Crippen LogP contribution in [0.15, 0.2) is 56.1 Å². The van der Waals surface area contributed by atoms with Gasteiger partial charge in [0.15, 0.2) is 11.0 Å². The van der Waals surface area contributed by atoms with Crippen LogP contribution in [0.5, 0.6) is 5.75 Å². The van der Waals surface area contributed by atoms with Crippen molar-refractivity contribution in [3.8, 4) is 17.1 Å². The van der Waals surface area contributed by atoms with Crippen LogP contribution in [0.3, 0.4) is 0 Å². The van der Waals surface area contributed by atoms with E-state index in [0.717, 1.165) is 23.9 Å². The van der Waals surface area contributed by atoms with Gasteiger partial charge in [0.25, 0.3) is 0 Å². The van der Waals surface area contributed by atoms with Gasteiger partial charge >= 0.3 is 5.97 Å². The number of hydrogen-bond donors (Lipinski definition) is 1. The first-order valence-electron chi connectivity index (χ1n) is 11.0. The lowest BCUT2D eigenvalue weighted by molar-refractivity contribution is -0.144. The Labute approximate surface area is 204 Å². The van der Waals surface area contributed by atoms with Crippen LogP contribution in [0, 0.1) is 5.92 Å². The van der Waals surface area contributed by atoms with Crippen molar-refractivity contribution in [1.29, 1.82) is 0 Å². The highest BCUT2D eigenvalue weighted by molar-refractivity contribution is 9.10.